The van der Waals surface area contributed by atoms with Gasteiger partial charge in [-0.3, -0.25) is 0 Å². The van der Waals surface area contributed by atoms with Crippen molar-refractivity contribution in [3.8, 4) is 0 Å². The topological polar surface area (TPSA) is 26.3 Å². The van der Waals surface area contributed by atoms with Gasteiger partial charge in [-0.05, 0) is 37.0 Å². The van der Waals surface area contributed by atoms with Crippen LogP contribution in [0.4, 0.5) is 0 Å². The van der Waals surface area contributed by atoms with Crippen LogP contribution in [0.25, 0.3) is 0 Å². The fraction of sp³-hybridized carbons (Fsp3) is 0.500. The van der Waals surface area contributed by atoms with E-state index >= 15 is 0 Å². The van der Waals surface area contributed by atoms with Crippen molar-refractivity contribution in [3.05, 3.63) is 34.9 Å². The summed E-state index contributed by atoms with van der Waals surface area (Å²) in [4.78, 5) is 11.8. The monoisotopic (exact) mass is 220 g/mol. The van der Waals surface area contributed by atoms with E-state index in [9.17, 15) is 4.79 Å². The largest absolute Gasteiger partial charge is 0.462 e. The average Bonchev–Trinajstić information content (AvgIpc) is 2.30. The molecule has 0 N–H and O–H groups in total. The Kier molecular flexibility index (Phi) is 5.03. The fourth-order valence-electron chi connectivity index (χ4n) is 1.73. The summed E-state index contributed by atoms with van der Waals surface area (Å²) in [7, 11) is 0. The van der Waals surface area contributed by atoms with Gasteiger partial charge in [0.05, 0.1) is 12.2 Å². The van der Waals surface area contributed by atoms with Crippen LogP contribution in [0.3, 0.4) is 0 Å². The Morgan fingerprint density at radius 2 is 2.00 bits per heavy atom. The number of benzene rings is 1. The maximum absolute atomic E-state index is 11.8. The number of carbonyl (C=O) groups is 1. The van der Waals surface area contributed by atoms with Gasteiger partial charge in [0.15, 0.2) is 0 Å². The zero-order valence-electron chi connectivity index (χ0n) is 10.4. The summed E-state index contributed by atoms with van der Waals surface area (Å²) >= 11 is 0. The predicted molar refractivity (Wildman–Crippen MR) is 65.8 cm³/mol. The fourth-order valence-corrected chi connectivity index (χ4v) is 1.73. The zero-order chi connectivity index (χ0) is 12.0. The van der Waals surface area contributed by atoms with E-state index in [1.165, 1.54) is 5.56 Å². The summed E-state index contributed by atoms with van der Waals surface area (Å²) in [6, 6.07) is 6.10. The summed E-state index contributed by atoms with van der Waals surface area (Å²) in [5.41, 5.74) is 3.02. The third-order valence-corrected chi connectivity index (χ3v) is 2.60. The molecule has 88 valence electrons. The standard InChI is InChI=1S/C14H20O2/c1-4-7-12-9-8-11(5-2)10-13(12)14(15)16-6-3/h8-10H,4-7H2,1-3H3. The van der Waals surface area contributed by atoms with Gasteiger partial charge >= 0.3 is 5.97 Å². The molecule has 0 aliphatic carbocycles. The molecule has 16 heavy (non-hydrogen) atoms. The summed E-state index contributed by atoms with van der Waals surface area (Å²) < 4.78 is 5.08. The van der Waals surface area contributed by atoms with Gasteiger partial charge in [-0.15, -0.1) is 0 Å². The molecule has 0 unspecified atom stereocenters. The van der Waals surface area contributed by atoms with Crippen molar-refractivity contribution in [2.75, 3.05) is 6.61 Å². The molecule has 0 aromatic heterocycles. The second kappa shape index (κ2) is 6.31. The highest BCUT2D eigenvalue weighted by molar-refractivity contribution is 5.91. The van der Waals surface area contributed by atoms with Crippen LogP contribution in [-0.4, -0.2) is 12.6 Å². The summed E-state index contributed by atoms with van der Waals surface area (Å²) in [6.07, 6.45) is 2.91. The first-order valence-corrected chi connectivity index (χ1v) is 6.01. The molecule has 0 saturated carbocycles. The second-order valence-electron chi connectivity index (χ2n) is 3.82. The summed E-state index contributed by atoms with van der Waals surface area (Å²) in [5, 5.41) is 0. The normalized spacial score (nSPS) is 10.2. The van der Waals surface area contributed by atoms with E-state index in [1.807, 2.05) is 13.0 Å². The minimum absolute atomic E-state index is 0.193. The molecule has 0 bridgehead atoms. The third kappa shape index (κ3) is 3.09. The molecule has 1 rings (SSSR count). The number of esters is 1. The molecule has 0 aliphatic rings. The zero-order valence-corrected chi connectivity index (χ0v) is 10.4. The van der Waals surface area contributed by atoms with E-state index in [0.717, 1.165) is 30.4 Å². The molecule has 0 aliphatic heterocycles. The van der Waals surface area contributed by atoms with E-state index in [1.54, 1.807) is 0 Å². The number of hydrogen-bond donors (Lipinski definition) is 0. The number of carbonyl (C=O) groups excluding carboxylic acids is 1. The smallest absolute Gasteiger partial charge is 0.338 e. The van der Waals surface area contributed by atoms with E-state index in [0.29, 0.717) is 6.61 Å². The molecule has 1 aromatic rings. The van der Waals surface area contributed by atoms with Crippen LogP contribution < -0.4 is 0 Å². The molecule has 0 saturated heterocycles. The highest BCUT2D eigenvalue weighted by Gasteiger charge is 2.12. The Labute approximate surface area is 97.6 Å². The van der Waals surface area contributed by atoms with E-state index in [4.69, 9.17) is 4.74 Å². The highest BCUT2D eigenvalue weighted by atomic mass is 16.5. The van der Waals surface area contributed by atoms with Crippen LogP contribution in [0.2, 0.25) is 0 Å². The van der Waals surface area contributed by atoms with Crippen molar-refractivity contribution in [1.82, 2.24) is 0 Å². The maximum atomic E-state index is 11.8. The predicted octanol–water partition coefficient (Wildman–Crippen LogP) is 3.38. The molecule has 2 nitrogen and oxygen atoms in total. The van der Waals surface area contributed by atoms with Gasteiger partial charge in [0.1, 0.15) is 0 Å². The first-order chi connectivity index (χ1) is 7.72. The number of aryl methyl sites for hydroxylation is 2. The molecule has 0 amide bonds. The van der Waals surface area contributed by atoms with Gasteiger partial charge in [0.25, 0.3) is 0 Å². The lowest BCUT2D eigenvalue weighted by atomic mass is 9.99. The van der Waals surface area contributed by atoms with Crippen LogP contribution in [0.15, 0.2) is 18.2 Å². The van der Waals surface area contributed by atoms with Gasteiger partial charge in [-0.1, -0.05) is 32.4 Å². The van der Waals surface area contributed by atoms with E-state index in [-0.39, 0.29) is 5.97 Å². The van der Waals surface area contributed by atoms with Gasteiger partial charge in [-0.25, -0.2) is 4.79 Å². The van der Waals surface area contributed by atoms with Crippen molar-refractivity contribution in [2.45, 2.75) is 40.0 Å². The molecule has 2 heteroatoms. The number of ether oxygens (including phenoxy) is 1. The minimum Gasteiger partial charge on any atom is -0.462 e. The van der Waals surface area contributed by atoms with Gasteiger partial charge < -0.3 is 4.74 Å². The Bertz CT molecular complexity index is 356. The lowest BCUT2D eigenvalue weighted by Gasteiger charge is -2.09. The number of rotatable bonds is 5. The van der Waals surface area contributed by atoms with E-state index < -0.39 is 0 Å². The SMILES string of the molecule is CCCc1ccc(CC)cc1C(=O)OCC. The summed E-state index contributed by atoms with van der Waals surface area (Å²) in [5.74, 6) is -0.193. The lowest BCUT2D eigenvalue weighted by molar-refractivity contribution is 0.0525. The molecular formula is C14H20O2. The van der Waals surface area contributed by atoms with Crippen molar-refractivity contribution in [2.24, 2.45) is 0 Å². The molecule has 0 spiro atoms. The molecule has 0 atom stereocenters. The van der Waals surface area contributed by atoms with Crippen LogP contribution in [0.5, 0.6) is 0 Å². The Hall–Kier alpha value is -1.31. The van der Waals surface area contributed by atoms with Crippen molar-refractivity contribution in [1.29, 1.82) is 0 Å². The average molecular weight is 220 g/mol. The maximum Gasteiger partial charge on any atom is 0.338 e. The van der Waals surface area contributed by atoms with Crippen LogP contribution in [0, 0.1) is 0 Å². The Morgan fingerprint density at radius 1 is 1.25 bits per heavy atom. The Morgan fingerprint density at radius 3 is 2.56 bits per heavy atom. The second-order valence-corrected chi connectivity index (χ2v) is 3.82. The third-order valence-electron chi connectivity index (χ3n) is 2.60. The molecule has 0 heterocycles. The van der Waals surface area contributed by atoms with E-state index in [2.05, 4.69) is 26.0 Å². The van der Waals surface area contributed by atoms with Crippen LogP contribution in [-0.2, 0) is 17.6 Å². The van der Waals surface area contributed by atoms with Crippen molar-refractivity contribution >= 4 is 5.97 Å². The van der Waals surface area contributed by atoms with Gasteiger partial charge in [-0.2, -0.15) is 0 Å². The van der Waals surface area contributed by atoms with Gasteiger partial charge in [0, 0.05) is 0 Å². The van der Waals surface area contributed by atoms with Crippen molar-refractivity contribution in [3.63, 3.8) is 0 Å². The van der Waals surface area contributed by atoms with Crippen molar-refractivity contribution < 1.29 is 9.53 Å². The molecule has 0 radical (unpaired) electrons. The molecule has 1 aromatic carbocycles. The minimum atomic E-state index is -0.193. The highest BCUT2D eigenvalue weighted by Crippen LogP contribution is 2.16. The first kappa shape index (κ1) is 12.8. The van der Waals surface area contributed by atoms with Gasteiger partial charge in [0.2, 0.25) is 0 Å². The lowest BCUT2D eigenvalue weighted by Crippen LogP contribution is -2.08. The Balaban J connectivity index is 3.04. The summed E-state index contributed by atoms with van der Waals surface area (Å²) in [6.45, 7) is 6.47. The quantitative estimate of drug-likeness (QED) is 0.711. The molecule has 0 fully saturated rings. The van der Waals surface area contributed by atoms with Crippen LogP contribution >= 0.6 is 0 Å². The molecular weight excluding hydrogens is 200 g/mol. The van der Waals surface area contributed by atoms with Crippen LogP contribution in [0.1, 0.15) is 48.7 Å². The first-order valence-electron chi connectivity index (χ1n) is 6.01. The number of hydrogen-bond acceptors (Lipinski definition) is 2.